The molecule has 1 aromatic heterocycles. The lowest BCUT2D eigenvalue weighted by atomic mass is 10.1. The molecule has 1 aromatic carbocycles. The topological polar surface area (TPSA) is 113 Å². The minimum absolute atomic E-state index is 0.0805. The molecule has 3 N–H and O–H groups in total. The van der Waals surface area contributed by atoms with Crippen molar-refractivity contribution in [2.24, 2.45) is 0 Å². The van der Waals surface area contributed by atoms with Gasteiger partial charge in [-0.1, -0.05) is 30.3 Å². The fourth-order valence-corrected chi connectivity index (χ4v) is 1.97. The lowest BCUT2D eigenvalue weighted by Gasteiger charge is -2.15. The quantitative estimate of drug-likeness (QED) is 0.392. The normalized spacial score (nSPS) is 11.6. The first-order chi connectivity index (χ1) is 11.5. The van der Waals surface area contributed by atoms with Gasteiger partial charge in [0.2, 0.25) is 5.95 Å². The van der Waals surface area contributed by atoms with E-state index in [9.17, 15) is 14.4 Å². The van der Waals surface area contributed by atoms with E-state index in [-0.39, 0.29) is 18.1 Å². The van der Waals surface area contributed by atoms with Gasteiger partial charge in [0.05, 0.1) is 12.3 Å². The van der Waals surface area contributed by atoms with Gasteiger partial charge in [0.25, 0.3) is 5.56 Å². The van der Waals surface area contributed by atoms with E-state index in [1.54, 1.807) is 6.92 Å². The van der Waals surface area contributed by atoms with Gasteiger partial charge in [0.15, 0.2) is 11.8 Å². The number of nitrogens with one attached hydrogen (secondary N) is 3. The van der Waals surface area contributed by atoms with Crippen LogP contribution in [0, 0.1) is 0 Å². The number of aromatic nitrogens is 2. The van der Waals surface area contributed by atoms with Crippen molar-refractivity contribution in [3.8, 4) is 11.3 Å². The highest BCUT2D eigenvalue weighted by Crippen LogP contribution is 2.15. The molecule has 0 aliphatic carbocycles. The van der Waals surface area contributed by atoms with Gasteiger partial charge in [-0.3, -0.25) is 20.0 Å². The van der Waals surface area contributed by atoms with E-state index in [2.05, 4.69) is 20.8 Å². The molecule has 1 atom stereocenters. The molecule has 2 aromatic rings. The lowest BCUT2D eigenvalue weighted by Crippen LogP contribution is -2.46. The summed E-state index contributed by atoms with van der Waals surface area (Å²) < 4.78 is 4.82. The second-order valence-electron chi connectivity index (χ2n) is 4.91. The molecule has 0 amide bonds. The Morgan fingerprint density at radius 3 is 2.62 bits per heavy atom. The van der Waals surface area contributed by atoms with Crippen LogP contribution in [0.5, 0.6) is 0 Å². The number of nitrogens with zero attached hydrogens (tertiary/aromatic N) is 1. The third-order valence-electron chi connectivity index (χ3n) is 3.07. The number of rotatable bonds is 7. The maximum absolute atomic E-state index is 11.8. The van der Waals surface area contributed by atoms with E-state index in [4.69, 9.17) is 4.74 Å². The van der Waals surface area contributed by atoms with Crippen LogP contribution in [-0.4, -0.2) is 34.4 Å². The molecule has 0 spiro atoms. The number of hydrazine groups is 1. The highest BCUT2D eigenvalue weighted by atomic mass is 16.5. The number of hydrogen-bond donors (Lipinski definition) is 3. The maximum atomic E-state index is 11.8. The molecule has 126 valence electrons. The number of H-pyrrole nitrogens is 1. The summed E-state index contributed by atoms with van der Waals surface area (Å²) in [5.74, 6) is -1.06. The SMILES string of the molecule is CCOC(=O)C(NNc1nc(-c2ccccc2)cc(=O)[nH]1)C(C)=O. The number of benzene rings is 1. The van der Waals surface area contributed by atoms with Crippen LogP contribution in [0.25, 0.3) is 11.3 Å². The first-order valence-electron chi connectivity index (χ1n) is 7.36. The van der Waals surface area contributed by atoms with Crippen LogP contribution in [0.3, 0.4) is 0 Å². The van der Waals surface area contributed by atoms with Crippen molar-refractivity contribution in [1.82, 2.24) is 15.4 Å². The molecular weight excluding hydrogens is 312 g/mol. The number of hydrogen-bond acceptors (Lipinski definition) is 7. The molecule has 1 heterocycles. The summed E-state index contributed by atoms with van der Waals surface area (Å²) in [5.41, 5.74) is 5.95. The molecular formula is C16H18N4O4. The van der Waals surface area contributed by atoms with E-state index in [1.807, 2.05) is 30.3 Å². The Hall–Kier alpha value is -3.00. The maximum Gasteiger partial charge on any atom is 0.332 e. The van der Waals surface area contributed by atoms with Crippen LogP contribution in [0.1, 0.15) is 13.8 Å². The van der Waals surface area contributed by atoms with Crippen molar-refractivity contribution >= 4 is 17.7 Å². The molecule has 8 heteroatoms. The minimum Gasteiger partial charge on any atom is -0.464 e. The number of carbonyl (C=O) groups is 2. The lowest BCUT2D eigenvalue weighted by molar-refractivity contribution is -0.148. The molecule has 0 aliphatic heterocycles. The number of ether oxygens (including phenoxy) is 1. The third kappa shape index (κ3) is 4.50. The Balaban J connectivity index is 2.18. The van der Waals surface area contributed by atoms with E-state index in [0.717, 1.165) is 5.56 Å². The molecule has 0 fully saturated rings. The van der Waals surface area contributed by atoms with Gasteiger partial charge in [-0.15, -0.1) is 0 Å². The Bertz CT molecular complexity index is 773. The first kappa shape index (κ1) is 17.4. The number of ketones is 1. The molecule has 8 nitrogen and oxygen atoms in total. The summed E-state index contributed by atoms with van der Waals surface area (Å²) in [4.78, 5) is 41.8. The van der Waals surface area contributed by atoms with Crippen LogP contribution < -0.4 is 16.4 Å². The highest BCUT2D eigenvalue weighted by molar-refractivity contribution is 6.02. The smallest absolute Gasteiger partial charge is 0.332 e. The molecule has 1 unspecified atom stereocenters. The van der Waals surface area contributed by atoms with Crippen molar-refractivity contribution in [3.63, 3.8) is 0 Å². The van der Waals surface area contributed by atoms with Crippen molar-refractivity contribution < 1.29 is 14.3 Å². The average molecular weight is 330 g/mol. The third-order valence-corrected chi connectivity index (χ3v) is 3.07. The number of esters is 1. The zero-order chi connectivity index (χ0) is 17.5. The number of Topliss-reactive ketones (excluding diaryl/α,β-unsaturated/α-hetero) is 1. The van der Waals surface area contributed by atoms with Gasteiger partial charge in [-0.2, -0.15) is 0 Å². The van der Waals surface area contributed by atoms with Gasteiger partial charge < -0.3 is 4.74 Å². The van der Waals surface area contributed by atoms with Gasteiger partial charge in [0.1, 0.15) is 0 Å². The first-order valence-corrected chi connectivity index (χ1v) is 7.36. The average Bonchev–Trinajstić information content (AvgIpc) is 2.55. The second-order valence-corrected chi connectivity index (χ2v) is 4.91. The molecule has 0 bridgehead atoms. The van der Waals surface area contributed by atoms with Crippen LogP contribution in [-0.2, 0) is 14.3 Å². The Kier molecular flexibility index (Phi) is 5.80. The highest BCUT2D eigenvalue weighted by Gasteiger charge is 2.24. The van der Waals surface area contributed by atoms with Crippen molar-refractivity contribution in [3.05, 3.63) is 46.8 Å². The van der Waals surface area contributed by atoms with Gasteiger partial charge in [-0.05, 0) is 13.8 Å². The van der Waals surface area contributed by atoms with E-state index < -0.39 is 17.8 Å². The second kappa shape index (κ2) is 8.02. The Morgan fingerprint density at radius 1 is 1.29 bits per heavy atom. The summed E-state index contributed by atoms with van der Waals surface area (Å²) >= 11 is 0. The zero-order valence-electron chi connectivity index (χ0n) is 13.3. The van der Waals surface area contributed by atoms with Crippen LogP contribution in [0.15, 0.2) is 41.2 Å². The fourth-order valence-electron chi connectivity index (χ4n) is 1.97. The summed E-state index contributed by atoms with van der Waals surface area (Å²) in [6, 6.07) is 9.30. The molecule has 0 saturated carbocycles. The van der Waals surface area contributed by atoms with Crippen molar-refractivity contribution in [1.29, 1.82) is 0 Å². The van der Waals surface area contributed by atoms with Crippen LogP contribution in [0.2, 0.25) is 0 Å². The minimum atomic E-state index is -1.20. The molecule has 0 aliphatic rings. The predicted molar refractivity (Wildman–Crippen MR) is 88.2 cm³/mol. The Morgan fingerprint density at radius 2 is 2.00 bits per heavy atom. The summed E-state index contributed by atoms with van der Waals surface area (Å²) in [6.07, 6.45) is 0. The Labute approximate surface area is 138 Å². The summed E-state index contributed by atoms with van der Waals surface area (Å²) in [6.45, 7) is 3.06. The number of anilines is 1. The van der Waals surface area contributed by atoms with Crippen LogP contribution in [0.4, 0.5) is 5.95 Å². The fraction of sp³-hybridized carbons (Fsp3) is 0.250. The predicted octanol–water partition coefficient (Wildman–Crippen LogP) is 0.874. The van der Waals surface area contributed by atoms with E-state index in [0.29, 0.717) is 5.69 Å². The molecule has 0 radical (unpaired) electrons. The number of carbonyl (C=O) groups excluding carboxylic acids is 2. The van der Waals surface area contributed by atoms with Crippen LogP contribution >= 0.6 is 0 Å². The number of aromatic amines is 1. The van der Waals surface area contributed by atoms with Gasteiger partial charge in [0, 0.05) is 11.6 Å². The largest absolute Gasteiger partial charge is 0.464 e. The molecule has 24 heavy (non-hydrogen) atoms. The van der Waals surface area contributed by atoms with Gasteiger partial charge >= 0.3 is 5.97 Å². The summed E-state index contributed by atoms with van der Waals surface area (Å²) in [7, 11) is 0. The monoisotopic (exact) mass is 330 g/mol. The summed E-state index contributed by atoms with van der Waals surface area (Å²) in [5, 5.41) is 0. The molecule has 2 rings (SSSR count). The van der Waals surface area contributed by atoms with Crippen molar-refractivity contribution in [2.75, 3.05) is 12.0 Å². The van der Waals surface area contributed by atoms with Crippen molar-refractivity contribution in [2.45, 2.75) is 19.9 Å². The van der Waals surface area contributed by atoms with Gasteiger partial charge in [-0.25, -0.2) is 15.2 Å². The van der Waals surface area contributed by atoms with E-state index in [1.165, 1.54) is 13.0 Å². The standard InChI is InChI=1S/C16H18N4O4/c1-3-24-15(23)14(10(2)21)19-20-16-17-12(9-13(22)18-16)11-7-5-4-6-8-11/h4-9,14,19H,3H2,1-2H3,(H2,17,18,20,22). The molecule has 0 saturated heterocycles. The zero-order valence-corrected chi connectivity index (χ0v) is 13.3. The van der Waals surface area contributed by atoms with E-state index >= 15 is 0 Å².